The molecule has 1 aromatic heterocycles. The summed E-state index contributed by atoms with van der Waals surface area (Å²) >= 11 is 0. The highest BCUT2D eigenvalue weighted by Gasteiger charge is 2.09. The Labute approximate surface area is 122 Å². The van der Waals surface area contributed by atoms with Gasteiger partial charge >= 0.3 is 0 Å². The summed E-state index contributed by atoms with van der Waals surface area (Å²) in [5.74, 6) is -0.0994. The minimum Gasteiger partial charge on any atom is -0.459 e. The maximum absolute atomic E-state index is 11.9. The van der Waals surface area contributed by atoms with Crippen LogP contribution >= 0.6 is 0 Å². The van der Waals surface area contributed by atoms with Gasteiger partial charge in [0.25, 0.3) is 5.91 Å². The van der Waals surface area contributed by atoms with Crippen molar-refractivity contribution in [3.05, 3.63) is 48.4 Å². The normalized spacial score (nSPS) is 10.0. The van der Waals surface area contributed by atoms with Crippen molar-refractivity contribution in [1.82, 2.24) is 4.90 Å². The zero-order valence-corrected chi connectivity index (χ0v) is 11.9. The van der Waals surface area contributed by atoms with E-state index in [1.165, 1.54) is 11.2 Å². The van der Waals surface area contributed by atoms with Gasteiger partial charge in [0.2, 0.25) is 5.91 Å². The van der Waals surface area contributed by atoms with E-state index in [1.807, 2.05) is 6.07 Å². The predicted molar refractivity (Wildman–Crippen MR) is 80.3 cm³/mol. The number of furan rings is 1. The van der Waals surface area contributed by atoms with Gasteiger partial charge in [-0.05, 0) is 30.3 Å². The summed E-state index contributed by atoms with van der Waals surface area (Å²) in [6.45, 7) is 0.197. The first-order valence-electron chi connectivity index (χ1n) is 6.45. The number of benzene rings is 1. The molecule has 1 aromatic carbocycles. The van der Waals surface area contributed by atoms with Crippen LogP contribution in [-0.4, -0.2) is 37.4 Å². The fraction of sp³-hybridized carbons (Fsp3) is 0.200. The number of nitrogens with one attached hydrogen (secondary N) is 2. The lowest BCUT2D eigenvalue weighted by Crippen LogP contribution is -2.28. The van der Waals surface area contributed by atoms with Gasteiger partial charge in [-0.1, -0.05) is 6.07 Å². The number of anilines is 2. The van der Waals surface area contributed by atoms with Crippen LogP contribution in [0.5, 0.6) is 0 Å². The van der Waals surface area contributed by atoms with Gasteiger partial charge in [-0.15, -0.1) is 0 Å². The molecule has 6 heteroatoms. The molecule has 2 aromatic rings. The summed E-state index contributed by atoms with van der Waals surface area (Å²) in [6, 6.07) is 10.4. The van der Waals surface area contributed by atoms with Crippen molar-refractivity contribution in [2.75, 3.05) is 31.3 Å². The summed E-state index contributed by atoms with van der Waals surface area (Å²) in [6.07, 6.45) is 1.44. The molecule has 0 fully saturated rings. The van der Waals surface area contributed by atoms with Gasteiger partial charge in [0, 0.05) is 25.5 Å². The summed E-state index contributed by atoms with van der Waals surface area (Å²) in [5.41, 5.74) is 1.38. The lowest BCUT2D eigenvalue weighted by molar-refractivity contribution is -0.126. The van der Waals surface area contributed by atoms with Gasteiger partial charge in [0.05, 0.1) is 12.8 Å². The van der Waals surface area contributed by atoms with Crippen LogP contribution in [-0.2, 0) is 4.79 Å². The van der Waals surface area contributed by atoms with E-state index >= 15 is 0 Å². The topological polar surface area (TPSA) is 74.6 Å². The van der Waals surface area contributed by atoms with Crippen LogP contribution in [0.25, 0.3) is 0 Å². The smallest absolute Gasteiger partial charge is 0.291 e. The molecule has 0 unspecified atom stereocenters. The quantitative estimate of drug-likeness (QED) is 0.882. The summed E-state index contributed by atoms with van der Waals surface area (Å²) in [5, 5.41) is 5.74. The van der Waals surface area contributed by atoms with Crippen molar-refractivity contribution >= 4 is 23.2 Å². The van der Waals surface area contributed by atoms with Gasteiger partial charge in [-0.2, -0.15) is 0 Å². The monoisotopic (exact) mass is 287 g/mol. The third-order valence-corrected chi connectivity index (χ3v) is 2.81. The Kier molecular flexibility index (Phi) is 4.61. The molecule has 0 saturated heterocycles. The second-order valence-electron chi connectivity index (χ2n) is 4.65. The fourth-order valence-corrected chi connectivity index (χ4v) is 1.64. The molecule has 0 spiro atoms. The Bertz CT molecular complexity index is 621. The maximum Gasteiger partial charge on any atom is 0.291 e. The summed E-state index contributed by atoms with van der Waals surface area (Å²) in [7, 11) is 3.40. The van der Waals surface area contributed by atoms with E-state index in [-0.39, 0.29) is 24.1 Å². The van der Waals surface area contributed by atoms with Crippen molar-refractivity contribution in [2.24, 2.45) is 0 Å². The molecule has 0 aliphatic carbocycles. The van der Waals surface area contributed by atoms with Gasteiger partial charge < -0.3 is 20.0 Å². The van der Waals surface area contributed by atoms with E-state index in [0.29, 0.717) is 5.69 Å². The van der Waals surface area contributed by atoms with Gasteiger partial charge in [-0.25, -0.2) is 0 Å². The first kappa shape index (κ1) is 14.6. The second kappa shape index (κ2) is 6.60. The Morgan fingerprint density at radius 3 is 2.57 bits per heavy atom. The zero-order chi connectivity index (χ0) is 15.2. The van der Waals surface area contributed by atoms with E-state index in [9.17, 15) is 9.59 Å². The molecule has 0 aliphatic heterocycles. The number of hydrogen-bond acceptors (Lipinski definition) is 4. The number of carbonyl (C=O) groups is 2. The Balaban J connectivity index is 1.98. The van der Waals surface area contributed by atoms with E-state index < -0.39 is 0 Å². The highest BCUT2D eigenvalue weighted by molar-refractivity contribution is 6.02. The van der Waals surface area contributed by atoms with Crippen LogP contribution in [0.4, 0.5) is 11.4 Å². The Morgan fingerprint density at radius 2 is 1.90 bits per heavy atom. The van der Waals surface area contributed by atoms with Crippen LogP contribution in [0.2, 0.25) is 0 Å². The molecular formula is C15H17N3O3. The van der Waals surface area contributed by atoms with Crippen LogP contribution in [0, 0.1) is 0 Å². The third kappa shape index (κ3) is 4.10. The average molecular weight is 287 g/mol. The van der Waals surface area contributed by atoms with Gasteiger partial charge in [0.15, 0.2) is 5.76 Å². The van der Waals surface area contributed by atoms with Crippen molar-refractivity contribution in [3.63, 3.8) is 0 Å². The van der Waals surface area contributed by atoms with Crippen LogP contribution in [0.1, 0.15) is 10.6 Å². The maximum atomic E-state index is 11.9. The lowest BCUT2D eigenvalue weighted by atomic mass is 10.2. The number of likely N-dealkylation sites (N-methyl/N-ethyl adjacent to an activating group) is 1. The molecule has 2 amide bonds. The van der Waals surface area contributed by atoms with Gasteiger partial charge in [-0.3, -0.25) is 9.59 Å². The lowest BCUT2D eigenvalue weighted by Gasteiger charge is -2.12. The molecule has 0 bridgehead atoms. The third-order valence-electron chi connectivity index (χ3n) is 2.81. The molecule has 0 aliphatic rings. The van der Waals surface area contributed by atoms with Crippen LogP contribution < -0.4 is 10.6 Å². The molecular weight excluding hydrogens is 270 g/mol. The van der Waals surface area contributed by atoms with E-state index in [2.05, 4.69) is 10.6 Å². The zero-order valence-electron chi connectivity index (χ0n) is 11.9. The van der Waals surface area contributed by atoms with Crippen molar-refractivity contribution in [2.45, 2.75) is 0 Å². The highest BCUT2D eigenvalue weighted by atomic mass is 16.3. The average Bonchev–Trinajstić information content (AvgIpc) is 2.99. The minimum absolute atomic E-state index is 0.0278. The number of hydrogen-bond donors (Lipinski definition) is 2. The molecule has 2 N–H and O–H groups in total. The number of rotatable bonds is 5. The molecule has 2 rings (SSSR count). The number of amides is 2. The fourth-order valence-electron chi connectivity index (χ4n) is 1.64. The van der Waals surface area contributed by atoms with E-state index in [0.717, 1.165) is 5.69 Å². The van der Waals surface area contributed by atoms with E-state index in [4.69, 9.17) is 4.42 Å². The standard InChI is InChI=1S/C15H17N3O3/c1-18(2)14(19)10-16-11-5-3-6-12(9-11)17-15(20)13-7-4-8-21-13/h3-9,16H,10H2,1-2H3,(H,17,20). The molecule has 0 radical (unpaired) electrons. The summed E-state index contributed by atoms with van der Waals surface area (Å²) in [4.78, 5) is 24.9. The first-order valence-corrected chi connectivity index (χ1v) is 6.45. The summed E-state index contributed by atoms with van der Waals surface area (Å²) < 4.78 is 5.03. The number of carbonyl (C=O) groups excluding carboxylic acids is 2. The van der Waals surface area contributed by atoms with Crippen LogP contribution in [0.3, 0.4) is 0 Å². The van der Waals surface area contributed by atoms with Crippen molar-refractivity contribution in [3.8, 4) is 0 Å². The molecule has 6 nitrogen and oxygen atoms in total. The van der Waals surface area contributed by atoms with Crippen LogP contribution in [0.15, 0.2) is 47.1 Å². The van der Waals surface area contributed by atoms with E-state index in [1.54, 1.807) is 44.4 Å². The minimum atomic E-state index is -0.318. The molecule has 21 heavy (non-hydrogen) atoms. The molecule has 110 valence electrons. The van der Waals surface area contributed by atoms with Crippen molar-refractivity contribution in [1.29, 1.82) is 0 Å². The second-order valence-corrected chi connectivity index (χ2v) is 4.65. The SMILES string of the molecule is CN(C)C(=O)CNc1cccc(NC(=O)c2ccco2)c1. The largest absolute Gasteiger partial charge is 0.459 e. The first-order chi connectivity index (χ1) is 10.1. The Hall–Kier alpha value is -2.76. The number of nitrogens with zero attached hydrogens (tertiary/aromatic N) is 1. The molecule has 1 heterocycles. The Morgan fingerprint density at radius 1 is 1.14 bits per heavy atom. The predicted octanol–water partition coefficient (Wildman–Crippen LogP) is 2.03. The molecule has 0 atom stereocenters. The van der Waals surface area contributed by atoms with Gasteiger partial charge in [0.1, 0.15) is 0 Å². The highest BCUT2D eigenvalue weighted by Crippen LogP contribution is 2.16. The van der Waals surface area contributed by atoms with Crippen molar-refractivity contribution < 1.29 is 14.0 Å². The molecule has 0 saturated carbocycles.